The second-order valence-electron chi connectivity index (χ2n) is 6.91. The molecule has 0 N–H and O–H groups in total. The molecule has 1 aromatic carbocycles. The van der Waals surface area contributed by atoms with Gasteiger partial charge in [-0.15, -0.1) is 0 Å². The van der Waals surface area contributed by atoms with Crippen LogP contribution in [0.1, 0.15) is 36.7 Å². The molecule has 1 heterocycles. The maximum Gasteiger partial charge on any atom is 0.269 e. The molecule has 0 radical (unpaired) electrons. The first-order valence-corrected chi connectivity index (χ1v) is 7.52. The third kappa shape index (κ3) is 1.71. The summed E-state index contributed by atoms with van der Waals surface area (Å²) in [5.41, 5.74) is 4.85. The van der Waals surface area contributed by atoms with Crippen molar-refractivity contribution in [3.63, 3.8) is 0 Å². The van der Waals surface area contributed by atoms with Crippen molar-refractivity contribution in [3.8, 4) is 11.4 Å². The molecule has 1 fully saturated rings. The van der Waals surface area contributed by atoms with Crippen molar-refractivity contribution in [1.82, 2.24) is 9.97 Å². The van der Waals surface area contributed by atoms with E-state index in [1.54, 1.807) is 12.1 Å². The molecule has 1 saturated carbocycles. The van der Waals surface area contributed by atoms with Crippen LogP contribution in [0.4, 0.5) is 5.69 Å². The fourth-order valence-electron chi connectivity index (χ4n) is 3.97. The van der Waals surface area contributed by atoms with Crippen molar-refractivity contribution in [2.24, 2.45) is 11.3 Å². The fourth-order valence-corrected chi connectivity index (χ4v) is 3.97. The Bertz CT molecular complexity index is 796. The Hall–Kier alpha value is -2.30. The lowest BCUT2D eigenvalue weighted by molar-refractivity contribution is -0.384. The number of fused-ring (bicyclic) bond motifs is 3. The van der Waals surface area contributed by atoms with E-state index in [4.69, 9.17) is 4.98 Å². The normalized spacial score (nSPS) is 23.8. The van der Waals surface area contributed by atoms with E-state index in [-0.39, 0.29) is 5.69 Å². The maximum atomic E-state index is 10.7. The first kappa shape index (κ1) is 13.4. The molecule has 0 amide bonds. The van der Waals surface area contributed by atoms with Crippen LogP contribution in [0.2, 0.25) is 0 Å². The molecule has 0 spiro atoms. The highest BCUT2D eigenvalue weighted by atomic mass is 16.6. The number of hydrogen-bond donors (Lipinski definition) is 0. The Morgan fingerprint density at radius 2 is 1.91 bits per heavy atom. The van der Waals surface area contributed by atoms with Crippen molar-refractivity contribution in [2.45, 2.75) is 33.1 Å². The van der Waals surface area contributed by atoms with E-state index in [2.05, 4.69) is 18.8 Å². The van der Waals surface area contributed by atoms with Crippen LogP contribution in [0, 0.1) is 28.4 Å². The van der Waals surface area contributed by atoms with Crippen LogP contribution < -0.4 is 0 Å². The summed E-state index contributed by atoms with van der Waals surface area (Å²) in [4.78, 5) is 19.7. The Morgan fingerprint density at radius 3 is 2.55 bits per heavy atom. The van der Waals surface area contributed by atoms with Crippen LogP contribution >= 0.6 is 0 Å². The molecule has 2 aliphatic rings. The highest BCUT2D eigenvalue weighted by Crippen LogP contribution is 2.70. The molecule has 0 aliphatic heterocycles. The Morgan fingerprint density at radius 1 is 1.23 bits per heavy atom. The van der Waals surface area contributed by atoms with E-state index in [0.717, 1.165) is 23.4 Å². The SMILES string of the molecule is Cc1nc(-c2ccc([N+](=O)[O-])cc2)nc2c1[C@@H]1[C@H](C2)C1(C)C. The van der Waals surface area contributed by atoms with Gasteiger partial charge in [0, 0.05) is 29.1 Å². The summed E-state index contributed by atoms with van der Waals surface area (Å²) >= 11 is 0. The van der Waals surface area contributed by atoms with Crippen molar-refractivity contribution in [1.29, 1.82) is 0 Å². The number of nitro groups is 1. The van der Waals surface area contributed by atoms with E-state index in [9.17, 15) is 10.1 Å². The minimum absolute atomic E-state index is 0.0876. The first-order valence-electron chi connectivity index (χ1n) is 7.52. The van der Waals surface area contributed by atoms with Gasteiger partial charge in [0.15, 0.2) is 5.82 Å². The van der Waals surface area contributed by atoms with Crippen LogP contribution in [0.3, 0.4) is 0 Å². The van der Waals surface area contributed by atoms with Crippen LogP contribution in [-0.4, -0.2) is 14.9 Å². The molecule has 2 atom stereocenters. The average Bonchev–Trinajstić information content (AvgIpc) is 2.86. The van der Waals surface area contributed by atoms with Gasteiger partial charge in [-0.25, -0.2) is 9.97 Å². The number of rotatable bonds is 2. The van der Waals surface area contributed by atoms with Crippen LogP contribution in [0.15, 0.2) is 24.3 Å². The first-order chi connectivity index (χ1) is 10.4. The molecule has 2 aliphatic carbocycles. The van der Waals surface area contributed by atoms with Crippen molar-refractivity contribution in [2.75, 3.05) is 0 Å². The van der Waals surface area contributed by atoms with Gasteiger partial charge >= 0.3 is 0 Å². The van der Waals surface area contributed by atoms with Gasteiger partial charge in [0.2, 0.25) is 0 Å². The lowest BCUT2D eigenvalue weighted by Gasteiger charge is -2.14. The summed E-state index contributed by atoms with van der Waals surface area (Å²) in [6, 6.07) is 6.45. The second kappa shape index (κ2) is 4.12. The zero-order chi connectivity index (χ0) is 15.6. The van der Waals surface area contributed by atoms with Gasteiger partial charge in [-0.3, -0.25) is 10.1 Å². The van der Waals surface area contributed by atoms with Crippen LogP contribution in [0.5, 0.6) is 0 Å². The lowest BCUT2D eigenvalue weighted by Crippen LogP contribution is -2.07. The molecular formula is C17H17N3O2. The number of aromatic nitrogens is 2. The maximum absolute atomic E-state index is 10.7. The number of benzene rings is 1. The third-order valence-electron chi connectivity index (χ3n) is 5.33. The van der Waals surface area contributed by atoms with Gasteiger partial charge in [-0.1, -0.05) is 13.8 Å². The molecule has 4 rings (SSSR count). The van der Waals surface area contributed by atoms with Crippen molar-refractivity contribution >= 4 is 5.69 Å². The quantitative estimate of drug-likeness (QED) is 0.626. The highest BCUT2D eigenvalue weighted by Gasteiger charge is 2.63. The van der Waals surface area contributed by atoms with E-state index < -0.39 is 4.92 Å². The van der Waals surface area contributed by atoms with Gasteiger partial charge in [0.1, 0.15) is 0 Å². The van der Waals surface area contributed by atoms with E-state index >= 15 is 0 Å². The number of aryl methyl sites for hydroxylation is 1. The second-order valence-corrected chi connectivity index (χ2v) is 6.91. The van der Waals surface area contributed by atoms with Crippen molar-refractivity contribution < 1.29 is 4.92 Å². The zero-order valence-corrected chi connectivity index (χ0v) is 12.8. The fraction of sp³-hybridized carbons (Fsp3) is 0.412. The molecule has 1 aromatic heterocycles. The molecule has 5 nitrogen and oxygen atoms in total. The number of non-ortho nitro benzene ring substituents is 1. The summed E-state index contributed by atoms with van der Waals surface area (Å²) < 4.78 is 0. The summed E-state index contributed by atoms with van der Waals surface area (Å²) in [7, 11) is 0. The van der Waals surface area contributed by atoms with E-state index in [1.807, 2.05) is 6.92 Å². The summed E-state index contributed by atoms with van der Waals surface area (Å²) in [6.07, 6.45) is 1.02. The van der Waals surface area contributed by atoms with Gasteiger partial charge in [-0.05, 0) is 48.3 Å². The molecule has 22 heavy (non-hydrogen) atoms. The minimum Gasteiger partial charge on any atom is -0.258 e. The average molecular weight is 295 g/mol. The number of hydrogen-bond acceptors (Lipinski definition) is 4. The van der Waals surface area contributed by atoms with E-state index in [0.29, 0.717) is 23.1 Å². The third-order valence-corrected chi connectivity index (χ3v) is 5.33. The Kier molecular flexibility index (Phi) is 2.50. The molecular weight excluding hydrogens is 278 g/mol. The molecule has 2 aromatic rings. The molecule has 0 unspecified atom stereocenters. The lowest BCUT2D eigenvalue weighted by atomic mass is 9.97. The monoisotopic (exact) mass is 295 g/mol. The van der Waals surface area contributed by atoms with Gasteiger partial charge in [-0.2, -0.15) is 0 Å². The van der Waals surface area contributed by atoms with Gasteiger partial charge in [0.05, 0.1) is 4.92 Å². The van der Waals surface area contributed by atoms with Crippen molar-refractivity contribution in [3.05, 3.63) is 51.3 Å². The zero-order valence-electron chi connectivity index (χ0n) is 12.8. The minimum atomic E-state index is -0.395. The summed E-state index contributed by atoms with van der Waals surface area (Å²) in [5, 5.41) is 10.7. The number of nitro benzene ring substituents is 1. The van der Waals surface area contributed by atoms with Crippen LogP contribution in [-0.2, 0) is 6.42 Å². The summed E-state index contributed by atoms with van der Waals surface area (Å²) in [5.74, 6) is 1.97. The standard InChI is InChI=1S/C17H17N3O2/c1-9-14-13(8-12-15(14)17(12,2)3)19-16(18-9)10-4-6-11(7-5-10)20(21)22/h4-7,12,15H,8H2,1-3H3/t12-,15-/m0/s1. The largest absolute Gasteiger partial charge is 0.269 e. The van der Waals surface area contributed by atoms with Gasteiger partial charge < -0.3 is 0 Å². The predicted molar refractivity (Wildman–Crippen MR) is 82.6 cm³/mol. The smallest absolute Gasteiger partial charge is 0.258 e. The Labute approximate surface area is 128 Å². The van der Waals surface area contributed by atoms with Gasteiger partial charge in [0.25, 0.3) is 5.69 Å². The predicted octanol–water partition coefficient (Wildman–Crippen LogP) is 3.66. The topological polar surface area (TPSA) is 68.9 Å². The molecule has 0 bridgehead atoms. The molecule has 5 heteroatoms. The van der Waals surface area contributed by atoms with E-state index in [1.165, 1.54) is 17.7 Å². The Balaban J connectivity index is 1.73. The summed E-state index contributed by atoms with van der Waals surface area (Å²) in [6.45, 7) is 6.68. The molecule has 112 valence electrons. The highest BCUT2D eigenvalue weighted by molar-refractivity contribution is 5.59. The number of nitrogens with zero attached hydrogens (tertiary/aromatic N) is 3. The van der Waals surface area contributed by atoms with Crippen LogP contribution in [0.25, 0.3) is 11.4 Å². The molecule has 0 saturated heterocycles.